The fraction of sp³-hybridized carbons (Fsp3) is 0.517. The molecule has 0 aromatic heterocycles. The van der Waals surface area contributed by atoms with Crippen molar-refractivity contribution in [3.63, 3.8) is 0 Å². The number of morpholine rings is 1. The number of aryl methyl sites for hydroxylation is 1. The smallest absolute Gasteiger partial charge is 0.378 e. The molecule has 2 aliphatic heterocycles. The Bertz CT molecular complexity index is 1300. The van der Waals surface area contributed by atoms with Crippen LogP contribution in [-0.2, 0) is 27.3 Å². The molecule has 2 fully saturated rings. The topological polar surface area (TPSA) is 53.1 Å². The predicted octanol–water partition coefficient (Wildman–Crippen LogP) is 5.83. The zero-order valence-electron chi connectivity index (χ0n) is 23.6. The fourth-order valence-corrected chi connectivity index (χ4v) is 5.68. The Balaban J connectivity index is 1.71. The number of likely N-dealkylation sites (N-methyl/N-ethyl adjacent to an activating group) is 1. The number of rotatable bonds is 4. The van der Waals surface area contributed by atoms with Crippen molar-refractivity contribution in [2.45, 2.75) is 50.5 Å². The number of urea groups is 1. The second kappa shape index (κ2) is 11.4. The van der Waals surface area contributed by atoms with Crippen molar-refractivity contribution < 1.29 is 45.1 Å². The summed E-state index contributed by atoms with van der Waals surface area (Å²) in [5, 5.41) is 0. The molecular weight excluding hydrogens is 571 g/mol. The molecule has 0 bridgehead atoms. The molecule has 0 radical (unpaired) electrons. The molecule has 2 aliphatic rings. The minimum absolute atomic E-state index is 0.0210. The summed E-state index contributed by atoms with van der Waals surface area (Å²) < 4.78 is 101. The maximum absolute atomic E-state index is 13.9. The Morgan fingerprint density at radius 3 is 1.93 bits per heavy atom. The van der Waals surface area contributed by atoms with E-state index in [4.69, 9.17) is 4.74 Å². The minimum Gasteiger partial charge on any atom is -0.378 e. The van der Waals surface area contributed by atoms with E-state index in [-0.39, 0.29) is 25.2 Å². The number of benzene rings is 2. The van der Waals surface area contributed by atoms with Crippen LogP contribution in [0.2, 0.25) is 0 Å². The summed E-state index contributed by atoms with van der Waals surface area (Å²) in [5.41, 5.74) is -4.03. The standard InChI is InChI=1S/C29H32F7N3O3/c1-17-11-21(30)5-6-22(17)23-15-39(26(41)38-7-9-42-10-8-38)16-24(23)37(4)25(40)27(2,3)18-12-19(28(31,32)33)14-20(13-18)29(34,35)36/h5-6,11-14,23-24H,7-10,15-16H2,1-4H3/t23?,24-/m1/s1. The number of carbonyl (C=O) groups is 2. The van der Waals surface area contributed by atoms with Crippen molar-refractivity contribution in [1.82, 2.24) is 14.7 Å². The van der Waals surface area contributed by atoms with Gasteiger partial charge < -0.3 is 19.4 Å². The zero-order chi connectivity index (χ0) is 31.2. The Labute approximate surface area is 239 Å². The van der Waals surface area contributed by atoms with E-state index in [1.807, 2.05) is 0 Å². The zero-order valence-corrected chi connectivity index (χ0v) is 23.6. The van der Waals surface area contributed by atoms with E-state index in [1.165, 1.54) is 37.9 Å². The van der Waals surface area contributed by atoms with Gasteiger partial charge in [-0.2, -0.15) is 26.3 Å². The highest BCUT2D eigenvalue weighted by molar-refractivity contribution is 5.88. The average molecular weight is 604 g/mol. The SMILES string of the molecule is Cc1cc(F)ccc1C1CN(C(=O)N2CCOCC2)C[C@H]1N(C)C(=O)C(C)(C)c1cc(C(F)(F)F)cc(C(F)(F)F)c1. The molecular formula is C29H32F7N3O3. The number of nitrogens with zero attached hydrogens (tertiary/aromatic N) is 3. The highest BCUT2D eigenvalue weighted by Gasteiger charge is 2.46. The lowest BCUT2D eigenvalue weighted by atomic mass is 9.80. The third-order valence-electron chi connectivity index (χ3n) is 8.13. The largest absolute Gasteiger partial charge is 0.416 e. The quantitative estimate of drug-likeness (QED) is 0.414. The number of hydrogen-bond acceptors (Lipinski definition) is 3. The molecule has 3 amide bonds. The molecule has 230 valence electrons. The summed E-state index contributed by atoms with van der Waals surface area (Å²) in [4.78, 5) is 31.8. The van der Waals surface area contributed by atoms with Crippen molar-refractivity contribution in [2.75, 3.05) is 46.4 Å². The lowest BCUT2D eigenvalue weighted by Crippen LogP contribution is -2.50. The number of amides is 3. The van der Waals surface area contributed by atoms with E-state index in [1.54, 1.807) is 22.8 Å². The van der Waals surface area contributed by atoms with Crippen LogP contribution < -0.4 is 0 Å². The summed E-state index contributed by atoms with van der Waals surface area (Å²) in [6.07, 6.45) is -10.1. The van der Waals surface area contributed by atoms with Crippen molar-refractivity contribution >= 4 is 11.9 Å². The monoisotopic (exact) mass is 603 g/mol. The second-order valence-electron chi connectivity index (χ2n) is 11.3. The number of ether oxygens (including phenoxy) is 1. The first-order valence-corrected chi connectivity index (χ1v) is 13.4. The first-order chi connectivity index (χ1) is 19.4. The van der Waals surface area contributed by atoms with E-state index < -0.39 is 58.1 Å². The Kier molecular flexibility index (Phi) is 8.56. The van der Waals surface area contributed by atoms with E-state index >= 15 is 0 Å². The van der Waals surface area contributed by atoms with E-state index in [0.29, 0.717) is 49.6 Å². The maximum Gasteiger partial charge on any atom is 0.416 e. The summed E-state index contributed by atoms with van der Waals surface area (Å²) in [6, 6.07) is 4.32. The van der Waals surface area contributed by atoms with Crippen LogP contribution in [-0.4, -0.2) is 79.1 Å². The van der Waals surface area contributed by atoms with Crippen molar-refractivity contribution in [2.24, 2.45) is 0 Å². The molecule has 42 heavy (non-hydrogen) atoms. The van der Waals surface area contributed by atoms with Crippen LogP contribution in [0.3, 0.4) is 0 Å². The van der Waals surface area contributed by atoms with Gasteiger partial charge in [-0.25, -0.2) is 9.18 Å². The normalized spacial score (nSPS) is 20.2. The summed E-state index contributed by atoms with van der Waals surface area (Å²) in [6.45, 7) is 5.95. The van der Waals surface area contributed by atoms with E-state index in [9.17, 15) is 40.3 Å². The van der Waals surface area contributed by atoms with Crippen LogP contribution in [0.25, 0.3) is 0 Å². The molecule has 2 heterocycles. The lowest BCUT2D eigenvalue weighted by molar-refractivity contribution is -0.144. The highest BCUT2D eigenvalue weighted by atomic mass is 19.4. The molecule has 2 atom stereocenters. The molecule has 0 N–H and O–H groups in total. The number of halogens is 7. The van der Waals surface area contributed by atoms with Crippen LogP contribution in [0.4, 0.5) is 35.5 Å². The van der Waals surface area contributed by atoms with Crippen LogP contribution in [0.5, 0.6) is 0 Å². The van der Waals surface area contributed by atoms with Crippen LogP contribution in [0, 0.1) is 12.7 Å². The summed E-state index contributed by atoms with van der Waals surface area (Å²) in [7, 11) is 1.42. The number of alkyl halides is 6. The number of likely N-dealkylation sites (tertiary alicyclic amines) is 1. The van der Waals surface area contributed by atoms with Gasteiger partial charge in [-0.3, -0.25) is 4.79 Å². The number of carbonyl (C=O) groups excluding carboxylic acids is 2. The van der Waals surface area contributed by atoms with Crippen molar-refractivity contribution in [3.05, 3.63) is 70.0 Å². The fourth-order valence-electron chi connectivity index (χ4n) is 5.68. The summed E-state index contributed by atoms with van der Waals surface area (Å²) >= 11 is 0. The molecule has 2 aromatic carbocycles. The van der Waals surface area contributed by atoms with E-state index in [0.717, 1.165) is 0 Å². The second-order valence-corrected chi connectivity index (χ2v) is 11.3. The Hall–Kier alpha value is -3.35. The van der Waals surface area contributed by atoms with Crippen molar-refractivity contribution in [3.8, 4) is 0 Å². The highest BCUT2D eigenvalue weighted by Crippen LogP contribution is 2.41. The molecule has 2 aromatic rings. The van der Waals surface area contributed by atoms with E-state index in [2.05, 4.69) is 0 Å². The van der Waals surface area contributed by atoms with Crippen molar-refractivity contribution in [1.29, 1.82) is 0 Å². The molecule has 13 heteroatoms. The van der Waals surface area contributed by atoms with Gasteiger partial charge >= 0.3 is 18.4 Å². The average Bonchev–Trinajstić information content (AvgIpc) is 3.36. The minimum atomic E-state index is -5.07. The van der Waals surface area contributed by atoms with Gasteiger partial charge in [0.15, 0.2) is 0 Å². The van der Waals surface area contributed by atoms with Crippen LogP contribution in [0.15, 0.2) is 36.4 Å². The van der Waals surface area contributed by atoms with Gasteiger partial charge in [0.05, 0.1) is 35.8 Å². The van der Waals surface area contributed by atoms with Gasteiger partial charge in [0.1, 0.15) is 5.82 Å². The van der Waals surface area contributed by atoms with Gasteiger partial charge in [-0.15, -0.1) is 0 Å². The van der Waals surface area contributed by atoms with Crippen LogP contribution >= 0.6 is 0 Å². The van der Waals surface area contributed by atoms with Gasteiger partial charge in [0.2, 0.25) is 5.91 Å². The number of hydrogen-bond donors (Lipinski definition) is 0. The molecule has 0 saturated carbocycles. The van der Waals surface area contributed by atoms with Gasteiger partial charge in [0, 0.05) is 39.1 Å². The van der Waals surface area contributed by atoms with Gasteiger partial charge in [-0.05, 0) is 67.8 Å². The molecule has 2 saturated heterocycles. The Morgan fingerprint density at radius 1 is 0.857 bits per heavy atom. The Morgan fingerprint density at radius 2 is 1.40 bits per heavy atom. The molecule has 6 nitrogen and oxygen atoms in total. The lowest BCUT2D eigenvalue weighted by Gasteiger charge is -2.36. The van der Waals surface area contributed by atoms with Gasteiger partial charge in [0.25, 0.3) is 0 Å². The molecule has 0 spiro atoms. The van der Waals surface area contributed by atoms with Gasteiger partial charge in [-0.1, -0.05) is 6.07 Å². The molecule has 0 aliphatic carbocycles. The third kappa shape index (κ3) is 6.35. The summed E-state index contributed by atoms with van der Waals surface area (Å²) in [5.74, 6) is -1.69. The third-order valence-corrected chi connectivity index (χ3v) is 8.13. The van der Waals surface area contributed by atoms with Crippen LogP contribution in [0.1, 0.15) is 47.6 Å². The maximum atomic E-state index is 13.9. The first kappa shape index (κ1) is 31.6. The molecule has 1 unspecified atom stereocenters. The first-order valence-electron chi connectivity index (χ1n) is 13.4. The predicted molar refractivity (Wildman–Crippen MR) is 139 cm³/mol. The molecule has 4 rings (SSSR count).